The van der Waals surface area contributed by atoms with Gasteiger partial charge in [-0.1, -0.05) is 13.0 Å². The van der Waals surface area contributed by atoms with E-state index in [-0.39, 0.29) is 5.56 Å². The van der Waals surface area contributed by atoms with Gasteiger partial charge in [0.05, 0.1) is 5.69 Å². The molecule has 0 saturated carbocycles. The monoisotopic (exact) mass is 258 g/mol. The normalized spacial score (nSPS) is 10.7. The molecule has 2 rings (SSSR count). The molecule has 0 aliphatic carbocycles. The number of aromatic nitrogens is 3. The molecule has 0 unspecified atom stereocenters. The number of nitrogens with one attached hydrogen (secondary N) is 2. The largest absolute Gasteiger partial charge is 0.311 e. The average molecular weight is 258 g/mol. The van der Waals surface area contributed by atoms with E-state index >= 15 is 0 Å². The number of rotatable bonds is 4. The second-order valence-electron chi connectivity index (χ2n) is 4.54. The summed E-state index contributed by atoms with van der Waals surface area (Å²) >= 11 is 0. The van der Waals surface area contributed by atoms with Crippen LogP contribution in [0.25, 0.3) is 11.5 Å². The van der Waals surface area contributed by atoms with Gasteiger partial charge in [0, 0.05) is 18.8 Å². The minimum absolute atomic E-state index is 0.153. The fourth-order valence-electron chi connectivity index (χ4n) is 1.93. The molecular formula is C14H18N4O. The first-order valence-electron chi connectivity index (χ1n) is 6.34. The maximum Gasteiger partial charge on any atom is 0.251 e. The molecule has 0 amide bonds. The van der Waals surface area contributed by atoms with Crippen molar-refractivity contribution in [3.05, 3.63) is 45.5 Å². The molecule has 0 spiro atoms. The van der Waals surface area contributed by atoms with Crippen molar-refractivity contribution in [3.8, 4) is 11.5 Å². The lowest BCUT2D eigenvalue weighted by atomic mass is 10.1. The van der Waals surface area contributed by atoms with Gasteiger partial charge in [0.1, 0.15) is 5.69 Å². The van der Waals surface area contributed by atoms with Crippen molar-refractivity contribution in [2.45, 2.75) is 27.3 Å². The molecular weight excluding hydrogens is 240 g/mol. The third-order valence-electron chi connectivity index (χ3n) is 2.79. The summed E-state index contributed by atoms with van der Waals surface area (Å²) in [5.41, 5.74) is 3.39. The molecule has 2 aromatic rings. The van der Waals surface area contributed by atoms with E-state index in [1.165, 1.54) is 6.07 Å². The maximum absolute atomic E-state index is 11.7. The first kappa shape index (κ1) is 13.4. The van der Waals surface area contributed by atoms with Gasteiger partial charge < -0.3 is 10.3 Å². The highest BCUT2D eigenvalue weighted by molar-refractivity contribution is 5.54. The summed E-state index contributed by atoms with van der Waals surface area (Å²) < 4.78 is 0. The Balaban J connectivity index is 2.44. The second kappa shape index (κ2) is 5.75. The van der Waals surface area contributed by atoms with E-state index in [1.807, 2.05) is 26.8 Å². The minimum Gasteiger partial charge on any atom is -0.311 e. The van der Waals surface area contributed by atoms with Gasteiger partial charge >= 0.3 is 0 Å². The molecule has 0 aromatic carbocycles. The Morgan fingerprint density at radius 2 is 2.11 bits per heavy atom. The van der Waals surface area contributed by atoms with Gasteiger partial charge in [0.25, 0.3) is 5.56 Å². The highest BCUT2D eigenvalue weighted by Gasteiger charge is 2.08. The predicted octanol–water partition coefficient (Wildman–Crippen LogP) is 1.56. The van der Waals surface area contributed by atoms with E-state index in [9.17, 15) is 4.79 Å². The molecule has 0 aliphatic rings. The summed E-state index contributed by atoms with van der Waals surface area (Å²) in [6, 6.07) is 3.54. The standard InChI is InChI=1S/C14H18N4O/c1-4-15-8-11-6-12(19)18-14(17-11)13-10(3)5-9(2)7-16-13/h5-7,15H,4,8H2,1-3H3,(H,17,18,19). The molecule has 2 aromatic heterocycles. The van der Waals surface area contributed by atoms with E-state index in [0.717, 1.165) is 29.1 Å². The number of hydrogen-bond acceptors (Lipinski definition) is 4. The Labute approximate surface area is 112 Å². The zero-order valence-corrected chi connectivity index (χ0v) is 11.4. The van der Waals surface area contributed by atoms with E-state index < -0.39 is 0 Å². The van der Waals surface area contributed by atoms with Crippen LogP contribution in [0.4, 0.5) is 0 Å². The zero-order valence-electron chi connectivity index (χ0n) is 11.4. The Morgan fingerprint density at radius 1 is 1.32 bits per heavy atom. The van der Waals surface area contributed by atoms with Gasteiger partial charge in [0.2, 0.25) is 0 Å². The summed E-state index contributed by atoms with van der Waals surface area (Å²) in [7, 11) is 0. The van der Waals surface area contributed by atoms with Crippen LogP contribution >= 0.6 is 0 Å². The van der Waals surface area contributed by atoms with Crippen molar-refractivity contribution < 1.29 is 0 Å². The minimum atomic E-state index is -0.153. The number of H-pyrrole nitrogens is 1. The summed E-state index contributed by atoms with van der Waals surface area (Å²) in [6.45, 7) is 7.39. The number of hydrogen-bond donors (Lipinski definition) is 2. The molecule has 0 fully saturated rings. The van der Waals surface area contributed by atoms with Gasteiger partial charge in [-0.2, -0.15) is 0 Å². The maximum atomic E-state index is 11.7. The van der Waals surface area contributed by atoms with Crippen LogP contribution in [0.5, 0.6) is 0 Å². The number of aryl methyl sites for hydroxylation is 2. The third kappa shape index (κ3) is 3.26. The van der Waals surface area contributed by atoms with Crippen molar-refractivity contribution in [3.63, 3.8) is 0 Å². The van der Waals surface area contributed by atoms with Crippen molar-refractivity contribution in [2.75, 3.05) is 6.54 Å². The average Bonchev–Trinajstić information content (AvgIpc) is 2.35. The molecule has 0 radical (unpaired) electrons. The lowest BCUT2D eigenvalue weighted by Crippen LogP contribution is -2.17. The van der Waals surface area contributed by atoms with Gasteiger partial charge in [0.15, 0.2) is 5.82 Å². The van der Waals surface area contributed by atoms with Gasteiger partial charge in [-0.15, -0.1) is 0 Å². The topological polar surface area (TPSA) is 70.7 Å². The summed E-state index contributed by atoms with van der Waals surface area (Å²) in [5, 5.41) is 3.16. The SMILES string of the molecule is CCNCc1cc(=O)[nH]c(-c2ncc(C)cc2C)n1. The Kier molecular flexibility index (Phi) is 4.06. The first-order valence-corrected chi connectivity index (χ1v) is 6.34. The Bertz CT molecular complexity index is 634. The van der Waals surface area contributed by atoms with Crippen molar-refractivity contribution in [2.24, 2.45) is 0 Å². The van der Waals surface area contributed by atoms with E-state index in [4.69, 9.17) is 0 Å². The molecule has 5 nitrogen and oxygen atoms in total. The Morgan fingerprint density at radius 3 is 2.79 bits per heavy atom. The van der Waals surface area contributed by atoms with Crippen LogP contribution in [0, 0.1) is 13.8 Å². The number of aromatic amines is 1. The smallest absolute Gasteiger partial charge is 0.251 e. The van der Waals surface area contributed by atoms with Crippen LogP contribution in [0.3, 0.4) is 0 Å². The molecule has 0 aliphatic heterocycles. The summed E-state index contributed by atoms with van der Waals surface area (Å²) in [5.74, 6) is 0.526. The molecule has 100 valence electrons. The van der Waals surface area contributed by atoms with Crippen LogP contribution in [0.2, 0.25) is 0 Å². The van der Waals surface area contributed by atoms with E-state index in [1.54, 1.807) is 6.20 Å². The molecule has 19 heavy (non-hydrogen) atoms. The summed E-state index contributed by atoms with van der Waals surface area (Å²) in [6.07, 6.45) is 1.78. The Hall–Kier alpha value is -2.01. The van der Waals surface area contributed by atoms with Crippen LogP contribution < -0.4 is 10.9 Å². The fraction of sp³-hybridized carbons (Fsp3) is 0.357. The number of pyridine rings is 1. The van der Waals surface area contributed by atoms with Gasteiger partial charge in [-0.3, -0.25) is 9.78 Å². The van der Waals surface area contributed by atoms with E-state index in [0.29, 0.717) is 12.4 Å². The second-order valence-corrected chi connectivity index (χ2v) is 4.54. The van der Waals surface area contributed by atoms with Gasteiger partial charge in [-0.25, -0.2) is 4.98 Å². The summed E-state index contributed by atoms with van der Waals surface area (Å²) in [4.78, 5) is 23.2. The molecule has 2 heterocycles. The molecule has 2 N–H and O–H groups in total. The number of nitrogens with zero attached hydrogens (tertiary/aromatic N) is 2. The van der Waals surface area contributed by atoms with Crippen LogP contribution in [-0.2, 0) is 6.54 Å². The highest BCUT2D eigenvalue weighted by Crippen LogP contribution is 2.16. The molecule has 0 atom stereocenters. The van der Waals surface area contributed by atoms with Crippen molar-refractivity contribution >= 4 is 0 Å². The zero-order chi connectivity index (χ0) is 13.8. The van der Waals surface area contributed by atoms with Gasteiger partial charge in [-0.05, 0) is 31.5 Å². The lowest BCUT2D eigenvalue weighted by Gasteiger charge is -2.07. The van der Waals surface area contributed by atoms with Crippen molar-refractivity contribution in [1.29, 1.82) is 0 Å². The van der Waals surface area contributed by atoms with Crippen LogP contribution in [0.15, 0.2) is 23.1 Å². The molecule has 5 heteroatoms. The first-order chi connectivity index (χ1) is 9.10. The van der Waals surface area contributed by atoms with Crippen LogP contribution in [0.1, 0.15) is 23.7 Å². The lowest BCUT2D eigenvalue weighted by molar-refractivity contribution is 0.707. The third-order valence-corrected chi connectivity index (χ3v) is 2.79. The quantitative estimate of drug-likeness (QED) is 0.873. The predicted molar refractivity (Wildman–Crippen MR) is 74.9 cm³/mol. The van der Waals surface area contributed by atoms with E-state index in [2.05, 4.69) is 20.3 Å². The fourth-order valence-corrected chi connectivity index (χ4v) is 1.93. The van der Waals surface area contributed by atoms with Crippen LogP contribution in [-0.4, -0.2) is 21.5 Å². The molecule has 0 saturated heterocycles. The molecule has 0 bridgehead atoms. The van der Waals surface area contributed by atoms with Crippen molar-refractivity contribution in [1.82, 2.24) is 20.3 Å². The highest BCUT2D eigenvalue weighted by atomic mass is 16.1.